The molecule has 1 aromatic carbocycles. The van der Waals surface area contributed by atoms with E-state index in [1.807, 2.05) is 0 Å². The van der Waals surface area contributed by atoms with E-state index in [9.17, 15) is 12.8 Å². The van der Waals surface area contributed by atoms with Gasteiger partial charge in [-0.3, -0.25) is 0 Å². The summed E-state index contributed by atoms with van der Waals surface area (Å²) in [6, 6.07) is 3.72. The van der Waals surface area contributed by atoms with Crippen molar-refractivity contribution in [2.24, 2.45) is 0 Å². The van der Waals surface area contributed by atoms with Crippen LogP contribution in [0.4, 0.5) is 4.39 Å². The summed E-state index contributed by atoms with van der Waals surface area (Å²) in [7, 11) is 2.16. The molecule has 0 N–H and O–H groups in total. The summed E-state index contributed by atoms with van der Waals surface area (Å²) < 4.78 is 39.3. The highest BCUT2D eigenvalue weighted by molar-refractivity contribution is 8.13. The van der Waals surface area contributed by atoms with E-state index in [4.69, 9.17) is 10.7 Å². The van der Waals surface area contributed by atoms with Crippen LogP contribution in [0.25, 0.3) is 0 Å². The summed E-state index contributed by atoms with van der Waals surface area (Å²) in [5.74, 6) is -1.12. The maximum atomic E-state index is 13.2. The molecule has 0 heterocycles. The molecule has 6 heteroatoms. The summed E-state index contributed by atoms with van der Waals surface area (Å²) >= 11 is 0. The predicted octanol–water partition coefficient (Wildman–Crippen LogP) is 1.76. The van der Waals surface area contributed by atoms with Crippen molar-refractivity contribution in [3.8, 4) is 5.75 Å². The summed E-state index contributed by atoms with van der Waals surface area (Å²) in [5.41, 5.74) is 0. The van der Waals surface area contributed by atoms with E-state index in [2.05, 4.69) is 4.74 Å². The molecule has 0 saturated heterocycles. The van der Waals surface area contributed by atoms with E-state index in [0.29, 0.717) is 0 Å². The molecule has 0 atom stereocenters. The first-order valence-electron chi connectivity index (χ1n) is 3.24. The van der Waals surface area contributed by atoms with Crippen LogP contribution in [-0.4, -0.2) is 15.5 Å². The molecule has 0 aliphatic carbocycles. The first kappa shape index (κ1) is 10.3. The monoisotopic (exact) mass is 224 g/mol. The Hall–Kier alpha value is -0.810. The Morgan fingerprint density at radius 1 is 1.46 bits per heavy atom. The van der Waals surface area contributed by atoms with Crippen LogP contribution in [0.1, 0.15) is 0 Å². The molecule has 0 aliphatic rings. The number of hydrogen-bond donors (Lipinski definition) is 0. The second-order valence-electron chi connectivity index (χ2n) is 2.21. The number of hydrogen-bond acceptors (Lipinski definition) is 3. The Bertz CT molecular complexity index is 416. The fraction of sp³-hybridized carbons (Fsp3) is 0.143. The van der Waals surface area contributed by atoms with Gasteiger partial charge in [-0.25, -0.2) is 12.8 Å². The van der Waals surface area contributed by atoms with Crippen LogP contribution in [0.15, 0.2) is 23.1 Å². The zero-order valence-electron chi connectivity index (χ0n) is 6.62. The minimum atomic E-state index is -4.05. The molecule has 0 spiro atoms. The van der Waals surface area contributed by atoms with Crippen LogP contribution in [-0.2, 0) is 9.05 Å². The van der Waals surface area contributed by atoms with Crippen LogP contribution in [0, 0.1) is 5.82 Å². The Kier molecular flexibility index (Phi) is 2.77. The number of benzene rings is 1. The number of halogens is 2. The summed E-state index contributed by atoms with van der Waals surface area (Å²) in [4.78, 5) is -0.575. The Labute approximate surface area is 79.5 Å². The second kappa shape index (κ2) is 3.51. The standard InChI is InChI=1S/C7H6ClFO3S/c1-12-5-3-2-4-6(7(5)9)13(8,10)11/h2-4H,1H3. The van der Waals surface area contributed by atoms with Crippen molar-refractivity contribution in [1.82, 2.24) is 0 Å². The van der Waals surface area contributed by atoms with Gasteiger partial charge >= 0.3 is 0 Å². The van der Waals surface area contributed by atoms with Crippen molar-refractivity contribution in [2.45, 2.75) is 4.90 Å². The SMILES string of the molecule is COc1cccc(S(=O)(=O)Cl)c1F. The quantitative estimate of drug-likeness (QED) is 0.719. The highest BCUT2D eigenvalue weighted by Gasteiger charge is 2.18. The van der Waals surface area contributed by atoms with Gasteiger partial charge in [-0.1, -0.05) is 6.07 Å². The number of ether oxygens (including phenoxy) is 1. The van der Waals surface area contributed by atoms with Crippen molar-refractivity contribution < 1.29 is 17.5 Å². The van der Waals surface area contributed by atoms with Crippen LogP contribution in [0.2, 0.25) is 0 Å². The molecule has 0 radical (unpaired) electrons. The van der Waals surface area contributed by atoms with E-state index in [1.165, 1.54) is 19.2 Å². The van der Waals surface area contributed by atoms with Crippen LogP contribution in [0.3, 0.4) is 0 Å². The molecular formula is C7H6ClFO3S. The van der Waals surface area contributed by atoms with Gasteiger partial charge in [0.1, 0.15) is 4.90 Å². The largest absolute Gasteiger partial charge is 0.494 e. The zero-order valence-corrected chi connectivity index (χ0v) is 8.19. The Morgan fingerprint density at radius 3 is 2.54 bits per heavy atom. The van der Waals surface area contributed by atoms with Gasteiger partial charge in [0.15, 0.2) is 11.6 Å². The van der Waals surface area contributed by atoms with Crippen LogP contribution < -0.4 is 4.74 Å². The van der Waals surface area contributed by atoms with Crippen LogP contribution >= 0.6 is 10.7 Å². The molecular weight excluding hydrogens is 219 g/mol. The van der Waals surface area contributed by atoms with E-state index in [1.54, 1.807) is 0 Å². The predicted molar refractivity (Wildman–Crippen MR) is 46.0 cm³/mol. The van der Waals surface area contributed by atoms with E-state index in [0.717, 1.165) is 6.07 Å². The molecule has 3 nitrogen and oxygen atoms in total. The number of methoxy groups -OCH3 is 1. The lowest BCUT2D eigenvalue weighted by molar-refractivity contribution is 0.381. The molecule has 0 bridgehead atoms. The highest BCUT2D eigenvalue weighted by Crippen LogP contribution is 2.25. The highest BCUT2D eigenvalue weighted by atomic mass is 35.7. The Balaban J connectivity index is 3.41. The van der Waals surface area contributed by atoms with E-state index < -0.39 is 19.8 Å². The van der Waals surface area contributed by atoms with Gasteiger partial charge in [-0.2, -0.15) is 0 Å². The topological polar surface area (TPSA) is 43.4 Å². The summed E-state index contributed by atoms with van der Waals surface area (Å²) in [5, 5.41) is 0. The van der Waals surface area contributed by atoms with Crippen molar-refractivity contribution in [1.29, 1.82) is 0 Å². The lowest BCUT2D eigenvalue weighted by Gasteiger charge is -2.03. The van der Waals surface area contributed by atoms with Gasteiger partial charge < -0.3 is 4.74 Å². The summed E-state index contributed by atoms with van der Waals surface area (Å²) in [6.45, 7) is 0. The molecule has 1 aromatic rings. The molecule has 0 saturated carbocycles. The molecule has 72 valence electrons. The van der Waals surface area contributed by atoms with Crippen LogP contribution in [0.5, 0.6) is 5.75 Å². The first-order chi connectivity index (χ1) is 5.96. The molecule has 0 aliphatic heterocycles. The maximum Gasteiger partial charge on any atom is 0.264 e. The zero-order chi connectivity index (χ0) is 10.1. The molecule has 0 amide bonds. The lowest BCUT2D eigenvalue weighted by atomic mass is 10.3. The molecule has 1 rings (SSSR count). The van der Waals surface area contributed by atoms with Gasteiger partial charge in [0.25, 0.3) is 9.05 Å². The van der Waals surface area contributed by atoms with E-state index >= 15 is 0 Å². The van der Waals surface area contributed by atoms with Gasteiger partial charge in [0.2, 0.25) is 0 Å². The van der Waals surface area contributed by atoms with Gasteiger partial charge in [0, 0.05) is 10.7 Å². The normalized spacial score (nSPS) is 11.3. The van der Waals surface area contributed by atoms with Crippen molar-refractivity contribution in [2.75, 3.05) is 7.11 Å². The second-order valence-corrected chi connectivity index (χ2v) is 4.74. The third-order valence-corrected chi connectivity index (χ3v) is 2.75. The fourth-order valence-electron chi connectivity index (χ4n) is 0.837. The minimum Gasteiger partial charge on any atom is -0.494 e. The van der Waals surface area contributed by atoms with Gasteiger partial charge in [-0.05, 0) is 12.1 Å². The van der Waals surface area contributed by atoms with Crippen molar-refractivity contribution >= 4 is 19.7 Å². The first-order valence-corrected chi connectivity index (χ1v) is 5.55. The average Bonchev–Trinajstić information content (AvgIpc) is 2.02. The molecule has 0 unspecified atom stereocenters. The maximum absolute atomic E-state index is 13.2. The van der Waals surface area contributed by atoms with E-state index in [-0.39, 0.29) is 5.75 Å². The molecule has 0 fully saturated rings. The average molecular weight is 225 g/mol. The van der Waals surface area contributed by atoms with Crippen molar-refractivity contribution in [3.63, 3.8) is 0 Å². The lowest BCUT2D eigenvalue weighted by Crippen LogP contribution is -1.97. The third kappa shape index (κ3) is 2.10. The summed E-state index contributed by atoms with van der Waals surface area (Å²) in [6.07, 6.45) is 0. The van der Waals surface area contributed by atoms with Crippen molar-refractivity contribution in [3.05, 3.63) is 24.0 Å². The molecule has 0 aromatic heterocycles. The Morgan fingerprint density at radius 2 is 2.08 bits per heavy atom. The minimum absolute atomic E-state index is 0.151. The third-order valence-electron chi connectivity index (χ3n) is 1.41. The smallest absolute Gasteiger partial charge is 0.264 e. The molecule has 13 heavy (non-hydrogen) atoms. The van der Waals surface area contributed by atoms with Gasteiger partial charge in [0.05, 0.1) is 7.11 Å². The fourth-order valence-corrected chi connectivity index (χ4v) is 1.75. The number of rotatable bonds is 2. The van der Waals surface area contributed by atoms with Gasteiger partial charge in [-0.15, -0.1) is 0 Å².